The van der Waals surface area contributed by atoms with Gasteiger partial charge in [0, 0.05) is 5.02 Å². The summed E-state index contributed by atoms with van der Waals surface area (Å²) in [6.45, 7) is 7.74. The van der Waals surface area contributed by atoms with E-state index in [0.29, 0.717) is 5.02 Å². The maximum atomic E-state index is 12.0. The monoisotopic (exact) mass is 305 g/mol. The maximum Gasteiger partial charge on any atom is 0.145 e. The second kappa shape index (κ2) is 7.31. The summed E-state index contributed by atoms with van der Waals surface area (Å²) in [5.41, 5.74) is 1.78. The van der Waals surface area contributed by atoms with E-state index in [1.165, 1.54) is 0 Å². The molecule has 0 radical (unpaired) electrons. The lowest BCUT2D eigenvalue weighted by molar-refractivity contribution is 0.650. The quantitative estimate of drug-likeness (QED) is 0.773. The first-order valence-corrected chi connectivity index (χ1v) is 7.08. The smallest absolute Gasteiger partial charge is 0.145 e. The van der Waals surface area contributed by atoms with E-state index in [2.05, 4.69) is 4.40 Å². The molecular weight excluding hydrogens is 286 g/mol. The van der Waals surface area contributed by atoms with Gasteiger partial charge in [0.15, 0.2) is 0 Å². The van der Waals surface area contributed by atoms with Crippen LogP contribution in [-0.2, 0) is 11.0 Å². The zero-order valence-electron chi connectivity index (χ0n) is 11.2. The summed E-state index contributed by atoms with van der Waals surface area (Å²) in [4.78, 5) is 0. The number of halogens is 1. The van der Waals surface area contributed by atoms with Gasteiger partial charge in [-0.05, 0) is 44.9 Å². The minimum Gasteiger partial charge on any atom is -0.234 e. The number of hydrogen-bond acceptors (Lipinski definition) is 1. The fourth-order valence-corrected chi connectivity index (χ4v) is 2.13. The van der Waals surface area contributed by atoms with Crippen molar-refractivity contribution >= 4 is 41.8 Å². The molecule has 0 fully saturated rings. The largest absolute Gasteiger partial charge is 0.234 e. The predicted molar refractivity (Wildman–Crippen MR) is 86.6 cm³/mol. The molecule has 0 bridgehead atoms. The number of hydrogen-bond donors (Lipinski definition) is 0. The third-order valence-corrected chi connectivity index (χ3v) is 3.88. The van der Waals surface area contributed by atoms with Crippen molar-refractivity contribution in [2.45, 2.75) is 38.9 Å². The molecule has 1 atom stereocenters. The second-order valence-electron chi connectivity index (χ2n) is 4.76. The molecule has 0 aliphatic rings. The normalized spacial score (nSPS) is 13.9. The topological polar surface area (TPSA) is 29.4 Å². The highest BCUT2D eigenvalue weighted by molar-refractivity contribution is 7.85. The van der Waals surface area contributed by atoms with Crippen LogP contribution < -0.4 is 0 Å². The van der Waals surface area contributed by atoms with Gasteiger partial charge in [-0.1, -0.05) is 30.7 Å². The van der Waals surface area contributed by atoms with Crippen LogP contribution in [0, 0.1) is 0 Å². The second-order valence-corrected chi connectivity index (χ2v) is 7.11. The van der Waals surface area contributed by atoms with Gasteiger partial charge in [0.1, 0.15) is 11.0 Å². The maximum absolute atomic E-state index is 12.0. The van der Waals surface area contributed by atoms with Crippen LogP contribution in [0.4, 0.5) is 0 Å². The van der Waals surface area contributed by atoms with Crippen molar-refractivity contribution < 1.29 is 4.21 Å². The van der Waals surface area contributed by atoms with Gasteiger partial charge in [0.05, 0.1) is 10.5 Å². The van der Waals surface area contributed by atoms with E-state index in [1.54, 1.807) is 0 Å². The van der Waals surface area contributed by atoms with Gasteiger partial charge in [-0.3, -0.25) is 0 Å². The van der Waals surface area contributed by atoms with Crippen LogP contribution in [0.3, 0.4) is 0 Å². The summed E-state index contributed by atoms with van der Waals surface area (Å²) in [6.07, 6.45) is 0.738. The minimum atomic E-state index is -1.23. The Kier molecular flexibility index (Phi) is 7.18. The Morgan fingerprint density at radius 3 is 2.44 bits per heavy atom. The Balaban J connectivity index is 0.00000289. The third-order valence-electron chi connectivity index (χ3n) is 2.21. The average Bonchev–Trinajstić information content (AvgIpc) is 2.24. The SMILES string of the molecule is CCC(=NS(=O)C(C)(C)C)c1cccc(Cl)c1.S. The molecule has 18 heavy (non-hydrogen) atoms. The van der Waals surface area contributed by atoms with Gasteiger partial charge in [0.25, 0.3) is 0 Å². The molecule has 0 aromatic heterocycles. The number of rotatable bonds is 3. The Morgan fingerprint density at radius 1 is 1.39 bits per heavy atom. The molecule has 0 N–H and O–H groups in total. The van der Waals surface area contributed by atoms with Crippen LogP contribution in [0.1, 0.15) is 39.7 Å². The summed E-state index contributed by atoms with van der Waals surface area (Å²) in [5.74, 6) is 0. The predicted octanol–water partition coefficient (Wildman–Crippen LogP) is 4.11. The molecule has 1 aromatic carbocycles. The van der Waals surface area contributed by atoms with Crippen LogP contribution in [0.15, 0.2) is 28.7 Å². The molecule has 1 rings (SSSR count). The standard InChI is InChI=1S/C13H18ClNOS.H2S/c1-5-12(15-17(16)13(2,3)4)10-7-6-8-11(14)9-10;/h6-9H,5H2,1-4H3;1H2. The van der Waals surface area contributed by atoms with Crippen LogP contribution in [-0.4, -0.2) is 14.7 Å². The lowest BCUT2D eigenvalue weighted by Gasteiger charge is -2.14. The highest BCUT2D eigenvalue weighted by Crippen LogP contribution is 2.17. The molecular formula is C13H20ClNOS2. The van der Waals surface area contributed by atoms with Crippen LogP contribution >= 0.6 is 25.1 Å². The molecule has 2 nitrogen and oxygen atoms in total. The first-order valence-electron chi connectivity index (χ1n) is 5.60. The van der Waals surface area contributed by atoms with Crippen molar-refractivity contribution in [1.82, 2.24) is 0 Å². The first-order chi connectivity index (χ1) is 7.84. The fourth-order valence-electron chi connectivity index (χ4n) is 1.23. The molecule has 0 amide bonds. The molecule has 0 aliphatic carbocycles. The summed E-state index contributed by atoms with van der Waals surface area (Å²) in [7, 11) is -1.23. The molecule has 0 heterocycles. The van der Waals surface area contributed by atoms with Gasteiger partial charge in [-0.25, -0.2) is 4.21 Å². The summed E-state index contributed by atoms with van der Waals surface area (Å²) in [6, 6.07) is 7.49. The fraction of sp³-hybridized carbons (Fsp3) is 0.462. The third kappa shape index (κ3) is 5.12. The summed E-state index contributed by atoms with van der Waals surface area (Å²) >= 11 is 5.94. The average molecular weight is 306 g/mol. The molecule has 0 saturated heterocycles. The minimum absolute atomic E-state index is 0. The Labute approximate surface area is 124 Å². The zero-order chi connectivity index (χ0) is 13.1. The van der Waals surface area contributed by atoms with Crippen molar-refractivity contribution in [3.63, 3.8) is 0 Å². The molecule has 1 aromatic rings. The Morgan fingerprint density at radius 2 is 2.00 bits per heavy atom. The van der Waals surface area contributed by atoms with E-state index in [4.69, 9.17) is 11.6 Å². The van der Waals surface area contributed by atoms with Crippen LogP contribution in [0.5, 0.6) is 0 Å². The lowest BCUT2D eigenvalue weighted by Crippen LogP contribution is -2.21. The van der Waals surface area contributed by atoms with Gasteiger partial charge in [-0.15, -0.1) is 0 Å². The van der Waals surface area contributed by atoms with Crippen molar-refractivity contribution in [2.75, 3.05) is 0 Å². The molecule has 1 unspecified atom stereocenters. The molecule has 5 heteroatoms. The van der Waals surface area contributed by atoms with Crippen molar-refractivity contribution in [2.24, 2.45) is 4.40 Å². The van der Waals surface area contributed by atoms with E-state index in [0.717, 1.165) is 17.7 Å². The molecule has 0 aliphatic heterocycles. The van der Waals surface area contributed by atoms with Gasteiger partial charge >= 0.3 is 0 Å². The highest BCUT2D eigenvalue weighted by atomic mass is 35.5. The Bertz CT molecular complexity index is 453. The van der Waals surface area contributed by atoms with Gasteiger partial charge in [0.2, 0.25) is 0 Å². The van der Waals surface area contributed by atoms with E-state index >= 15 is 0 Å². The summed E-state index contributed by atoms with van der Waals surface area (Å²) in [5, 5.41) is 0.671. The van der Waals surface area contributed by atoms with Crippen molar-refractivity contribution in [3.05, 3.63) is 34.9 Å². The van der Waals surface area contributed by atoms with Crippen molar-refractivity contribution in [1.29, 1.82) is 0 Å². The number of benzene rings is 1. The number of nitrogens with zero attached hydrogens (tertiary/aromatic N) is 1. The van der Waals surface area contributed by atoms with E-state index < -0.39 is 11.0 Å². The summed E-state index contributed by atoms with van der Waals surface area (Å²) < 4.78 is 16.0. The molecule has 0 spiro atoms. The Hall–Kier alpha value is -0.320. The first kappa shape index (κ1) is 17.7. The van der Waals surface area contributed by atoms with Crippen LogP contribution in [0.2, 0.25) is 5.02 Å². The van der Waals surface area contributed by atoms with Gasteiger partial charge in [-0.2, -0.15) is 17.9 Å². The van der Waals surface area contributed by atoms with E-state index in [-0.39, 0.29) is 18.2 Å². The zero-order valence-corrected chi connectivity index (χ0v) is 13.7. The van der Waals surface area contributed by atoms with Crippen LogP contribution in [0.25, 0.3) is 0 Å². The molecule has 102 valence electrons. The lowest BCUT2D eigenvalue weighted by atomic mass is 10.1. The van der Waals surface area contributed by atoms with Gasteiger partial charge < -0.3 is 0 Å². The highest BCUT2D eigenvalue weighted by Gasteiger charge is 2.19. The van der Waals surface area contributed by atoms with E-state index in [9.17, 15) is 4.21 Å². The molecule has 0 saturated carbocycles. The van der Waals surface area contributed by atoms with E-state index in [1.807, 2.05) is 52.0 Å². The van der Waals surface area contributed by atoms with Crippen molar-refractivity contribution in [3.8, 4) is 0 Å².